The van der Waals surface area contributed by atoms with Crippen LogP contribution in [0, 0.1) is 19.8 Å². The maximum atomic E-state index is 12.2. The highest BCUT2D eigenvalue weighted by Gasteiger charge is 2.61. The van der Waals surface area contributed by atoms with E-state index in [0.29, 0.717) is 16.6 Å². The summed E-state index contributed by atoms with van der Waals surface area (Å²) in [6.07, 6.45) is 1.57. The molecule has 1 aliphatic carbocycles. The molecule has 5 N–H and O–H groups in total. The average molecular weight is 625 g/mol. The van der Waals surface area contributed by atoms with E-state index in [2.05, 4.69) is 41.5 Å². The number of epoxide rings is 1. The van der Waals surface area contributed by atoms with E-state index in [1.165, 1.54) is 10.1 Å². The third kappa shape index (κ3) is 6.49. The molecular formula is C32H40N4O9. The van der Waals surface area contributed by atoms with Crippen molar-refractivity contribution in [3.8, 4) is 11.5 Å². The molecule has 4 heterocycles. The maximum Gasteiger partial charge on any atom is 0.349 e. The first-order valence-corrected chi connectivity index (χ1v) is 15.0. The van der Waals surface area contributed by atoms with Crippen LogP contribution in [-0.4, -0.2) is 88.6 Å². The van der Waals surface area contributed by atoms with Crippen molar-refractivity contribution >= 4 is 17.0 Å². The summed E-state index contributed by atoms with van der Waals surface area (Å²) in [6.45, 7) is 10.9. The Morgan fingerprint density at radius 1 is 1.11 bits per heavy atom. The molecule has 0 amide bonds. The molecule has 5 aliphatic rings. The van der Waals surface area contributed by atoms with Gasteiger partial charge in [0, 0.05) is 11.5 Å². The van der Waals surface area contributed by atoms with E-state index in [0.717, 1.165) is 36.8 Å². The van der Waals surface area contributed by atoms with E-state index >= 15 is 0 Å². The number of fused-ring (bicyclic) bond motifs is 5. The number of nitrogens with one attached hydrogen (secondary N) is 1. The first-order chi connectivity index (χ1) is 21.2. The third-order valence-corrected chi connectivity index (χ3v) is 9.14. The molecule has 4 aliphatic heterocycles. The van der Waals surface area contributed by atoms with Crippen molar-refractivity contribution in [1.29, 1.82) is 0 Å². The van der Waals surface area contributed by atoms with Crippen LogP contribution in [0.2, 0.25) is 0 Å². The van der Waals surface area contributed by atoms with Crippen molar-refractivity contribution in [2.45, 2.75) is 96.0 Å². The molecule has 0 bridgehead atoms. The lowest BCUT2D eigenvalue weighted by atomic mass is 9.84. The van der Waals surface area contributed by atoms with Gasteiger partial charge in [0.05, 0.1) is 29.8 Å². The number of H-pyrrole nitrogens is 1. The number of rotatable bonds is 5. The minimum absolute atomic E-state index is 0.0516. The van der Waals surface area contributed by atoms with Crippen molar-refractivity contribution in [3.05, 3.63) is 67.9 Å². The molecule has 0 aromatic heterocycles. The van der Waals surface area contributed by atoms with Gasteiger partial charge in [-0.05, 0) is 76.6 Å². The Morgan fingerprint density at radius 2 is 1.82 bits per heavy atom. The predicted octanol–water partition coefficient (Wildman–Crippen LogP) is 1.04. The Labute approximate surface area is 259 Å². The summed E-state index contributed by atoms with van der Waals surface area (Å²) < 4.78 is 12.7. The minimum atomic E-state index is -1.64. The Balaban J connectivity index is 0.000000192. The zero-order valence-electron chi connectivity index (χ0n) is 25.8. The van der Waals surface area contributed by atoms with Crippen molar-refractivity contribution in [3.63, 3.8) is 0 Å². The fraction of sp³-hybridized carbons (Fsp3) is 0.531. The van der Waals surface area contributed by atoms with Crippen LogP contribution in [0.25, 0.3) is 22.6 Å². The van der Waals surface area contributed by atoms with Gasteiger partial charge in [-0.2, -0.15) is 4.98 Å². The maximum absolute atomic E-state index is 12.2. The van der Waals surface area contributed by atoms with E-state index < -0.39 is 36.2 Å². The van der Waals surface area contributed by atoms with E-state index in [1.807, 2.05) is 13.8 Å². The van der Waals surface area contributed by atoms with E-state index in [9.17, 15) is 29.7 Å². The summed E-state index contributed by atoms with van der Waals surface area (Å²) in [7, 11) is 0. The molecule has 0 unspecified atom stereocenters. The number of carbonyl (C=O) groups is 1. The summed E-state index contributed by atoms with van der Waals surface area (Å²) in [5, 5.41) is 38.8. The van der Waals surface area contributed by atoms with Gasteiger partial charge in [0.2, 0.25) is 0 Å². The van der Waals surface area contributed by atoms with E-state index in [-0.39, 0.29) is 47.8 Å². The number of aliphatic hydroxyl groups is 4. The van der Waals surface area contributed by atoms with Gasteiger partial charge in [0.1, 0.15) is 30.5 Å². The highest BCUT2D eigenvalue weighted by atomic mass is 16.6. The number of benzene rings is 1. The Hall–Kier alpha value is -3.75. The number of nitrogens with zero attached hydrogens (tertiary/aromatic N) is 3. The zero-order chi connectivity index (χ0) is 32.8. The van der Waals surface area contributed by atoms with Crippen LogP contribution in [-0.2, 0) is 20.8 Å². The average Bonchev–Trinajstić information content (AvgIpc) is 3.58. The fourth-order valence-electron chi connectivity index (χ4n) is 6.10. The number of hydrogen-bond donors (Lipinski definition) is 5. The molecule has 13 nitrogen and oxygen atoms in total. The number of aliphatic hydroxyl groups excluding tert-OH is 4. The standard InChI is InChI=1S/C17H20N4O6.C15H20O3/c1-7-3-9-10(4-8(7)2)21(5-11(23)14(25)12(24)6-22)15-13(18-9)16(26)20-17(27)19-15;1-9-5-4-8-15(3)13(18-15)12-11(7-6-9)10(2)14(16)17-12/h3-4,11-12,14,22-25H,5-6H2,1-2H3,(H,20,26,27);5,11-13H,2,4,6-8H2,1,3H3/b;9-5+/t11-,12+,14-;11-,12-,13+,15+/m00/s1. The highest BCUT2D eigenvalue weighted by molar-refractivity contribution is 5.91. The molecule has 45 heavy (non-hydrogen) atoms. The molecule has 6 rings (SSSR count). The zero-order valence-corrected chi connectivity index (χ0v) is 25.8. The predicted molar refractivity (Wildman–Crippen MR) is 164 cm³/mol. The number of allylic oxidation sites excluding steroid dienone is 2. The van der Waals surface area contributed by atoms with Crippen LogP contribution in [0.15, 0.2) is 45.5 Å². The quantitative estimate of drug-likeness (QED) is 0.0893. The fourth-order valence-corrected chi connectivity index (χ4v) is 6.10. The van der Waals surface area contributed by atoms with Crippen molar-refractivity contribution in [1.82, 2.24) is 19.5 Å². The lowest BCUT2D eigenvalue weighted by molar-refractivity contribution is -0.140. The Morgan fingerprint density at radius 3 is 2.53 bits per heavy atom. The highest BCUT2D eigenvalue weighted by Crippen LogP contribution is 2.49. The molecule has 0 radical (unpaired) electrons. The molecule has 0 saturated carbocycles. The molecule has 2 fully saturated rings. The van der Waals surface area contributed by atoms with Gasteiger partial charge in [-0.15, -0.1) is 0 Å². The second-order valence-corrected chi connectivity index (χ2v) is 12.5. The molecule has 13 heteroatoms. The number of carbonyl (C=O) groups excluding carboxylic acids is 1. The lowest BCUT2D eigenvalue weighted by Crippen LogP contribution is -2.42. The molecule has 1 aromatic rings. The van der Waals surface area contributed by atoms with Gasteiger partial charge in [-0.1, -0.05) is 18.2 Å². The molecule has 1 aromatic carbocycles. The number of aromatic amines is 1. The number of hydrogen-bond acceptors (Lipinski definition) is 11. The molecule has 0 spiro atoms. The lowest BCUT2D eigenvalue weighted by Gasteiger charge is -2.25. The van der Waals surface area contributed by atoms with E-state index in [1.54, 1.807) is 12.1 Å². The second kappa shape index (κ2) is 12.6. The molecular weight excluding hydrogens is 584 g/mol. The topological polar surface area (TPSA) is 200 Å². The van der Waals surface area contributed by atoms with Gasteiger partial charge in [0.25, 0.3) is 5.56 Å². The van der Waals surface area contributed by atoms with Gasteiger partial charge >= 0.3 is 11.7 Å². The Kier molecular flexibility index (Phi) is 9.11. The van der Waals surface area contributed by atoms with Crippen LogP contribution in [0.4, 0.5) is 0 Å². The number of aryl methyl sites for hydroxylation is 2. The molecule has 7 atom stereocenters. The summed E-state index contributed by atoms with van der Waals surface area (Å²) in [6, 6.07) is 3.53. The monoisotopic (exact) mass is 624 g/mol. The molecule has 242 valence electrons. The minimum Gasteiger partial charge on any atom is -0.455 e. The van der Waals surface area contributed by atoms with Crippen LogP contribution in [0.3, 0.4) is 0 Å². The first-order valence-electron chi connectivity index (χ1n) is 15.0. The van der Waals surface area contributed by atoms with Crippen molar-refractivity contribution < 1.29 is 34.7 Å². The first kappa shape index (κ1) is 32.6. The smallest absolute Gasteiger partial charge is 0.349 e. The molecule has 2 saturated heterocycles. The normalized spacial score (nSPS) is 27.7. The van der Waals surface area contributed by atoms with Gasteiger partial charge in [-0.25, -0.2) is 14.6 Å². The summed E-state index contributed by atoms with van der Waals surface area (Å²) >= 11 is 0. The largest absolute Gasteiger partial charge is 0.455 e. The van der Waals surface area contributed by atoms with Crippen LogP contribution >= 0.6 is 0 Å². The SMILES string of the molecule is C=C1C(=O)O[C@@H]2[C@H]3O[C@]3(C)CC/C=C(\C)CC[C@@H]12.Cc1cc2nc3c(=O)[nH]c(=O)nc-3n(C[C@H](O)[C@H](O)[C@H](O)CO)c2cc1C. The van der Waals surface area contributed by atoms with Crippen LogP contribution in [0.1, 0.15) is 50.7 Å². The number of aromatic nitrogens is 4. The van der Waals surface area contributed by atoms with E-state index in [4.69, 9.17) is 14.6 Å². The van der Waals surface area contributed by atoms with Crippen molar-refractivity contribution in [2.24, 2.45) is 5.92 Å². The van der Waals surface area contributed by atoms with Crippen LogP contribution in [0.5, 0.6) is 0 Å². The van der Waals surface area contributed by atoms with Crippen LogP contribution < -0.4 is 11.2 Å². The number of esters is 1. The van der Waals surface area contributed by atoms with Gasteiger partial charge in [-0.3, -0.25) is 9.78 Å². The summed E-state index contributed by atoms with van der Waals surface area (Å²) in [5.74, 6) is -0.154. The van der Waals surface area contributed by atoms with Gasteiger partial charge in [0.15, 0.2) is 11.5 Å². The number of ether oxygens (including phenoxy) is 2. The second-order valence-electron chi connectivity index (χ2n) is 12.5. The Bertz CT molecular complexity index is 1750. The summed E-state index contributed by atoms with van der Waals surface area (Å²) in [5.41, 5.74) is 3.03. The van der Waals surface area contributed by atoms with Gasteiger partial charge < -0.3 is 34.5 Å². The van der Waals surface area contributed by atoms with Crippen molar-refractivity contribution in [2.75, 3.05) is 6.61 Å². The third-order valence-electron chi connectivity index (χ3n) is 9.14. The summed E-state index contributed by atoms with van der Waals surface area (Å²) in [4.78, 5) is 45.7.